The summed E-state index contributed by atoms with van der Waals surface area (Å²) in [6.07, 6.45) is 0. The van der Waals surface area contributed by atoms with Gasteiger partial charge in [-0.1, -0.05) is 22.0 Å². The number of aryl methyl sites for hydroxylation is 1. The first-order chi connectivity index (χ1) is 10.5. The van der Waals surface area contributed by atoms with Gasteiger partial charge in [0, 0.05) is 16.2 Å². The number of benzene rings is 1. The molecule has 0 saturated heterocycles. The van der Waals surface area contributed by atoms with E-state index in [1.54, 1.807) is 4.40 Å². The van der Waals surface area contributed by atoms with E-state index in [1.165, 1.54) is 6.07 Å². The fraction of sp³-hybridized carbons (Fsp3) is 0.125. The lowest BCUT2D eigenvalue weighted by Gasteiger charge is -2.09. The van der Waals surface area contributed by atoms with E-state index in [0.717, 1.165) is 14.6 Å². The number of hydrogen-bond acceptors (Lipinski definition) is 3. The van der Waals surface area contributed by atoms with Crippen molar-refractivity contribution in [3.63, 3.8) is 0 Å². The summed E-state index contributed by atoms with van der Waals surface area (Å²) in [6, 6.07) is 12.7. The number of hydrogen-bond donors (Lipinski definition) is 0. The summed E-state index contributed by atoms with van der Waals surface area (Å²) < 4.78 is 9.12. The van der Waals surface area contributed by atoms with E-state index < -0.39 is 0 Å². The van der Waals surface area contributed by atoms with E-state index in [0.29, 0.717) is 17.1 Å². The molecule has 0 amide bonds. The van der Waals surface area contributed by atoms with E-state index in [4.69, 9.17) is 4.74 Å². The average molecular weight is 424 g/mol. The molecule has 3 aromatic rings. The molecule has 1 aromatic carbocycles. The molecule has 6 heteroatoms. The summed E-state index contributed by atoms with van der Waals surface area (Å²) >= 11 is 6.84. The fourth-order valence-corrected chi connectivity index (χ4v) is 3.34. The van der Waals surface area contributed by atoms with Crippen LogP contribution >= 0.6 is 31.9 Å². The number of ether oxygens (including phenoxy) is 1. The van der Waals surface area contributed by atoms with Gasteiger partial charge in [0.05, 0.1) is 10.2 Å². The molecule has 0 aliphatic carbocycles. The van der Waals surface area contributed by atoms with Gasteiger partial charge in [0.15, 0.2) is 0 Å². The molecule has 0 saturated carbocycles. The minimum absolute atomic E-state index is 0.100. The predicted molar refractivity (Wildman–Crippen MR) is 92.4 cm³/mol. The zero-order chi connectivity index (χ0) is 15.7. The third kappa shape index (κ3) is 3.08. The quantitative estimate of drug-likeness (QED) is 0.636. The van der Waals surface area contributed by atoms with E-state index in [9.17, 15) is 4.79 Å². The summed E-state index contributed by atoms with van der Waals surface area (Å²) in [5.41, 5.74) is 1.99. The number of fused-ring (bicyclic) bond motifs is 1. The van der Waals surface area contributed by atoms with Gasteiger partial charge >= 0.3 is 0 Å². The molecule has 2 heterocycles. The third-order valence-electron chi connectivity index (χ3n) is 3.20. The van der Waals surface area contributed by atoms with Crippen molar-refractivity contribution in [2.24, 2.45) is 0 Å². The number of pyridine rings is 1. The summed E-state index contributed by atoms with van der Waals surface area (Å²) in [5, 5.41) is 0. The number of nitrogens with zero attached hydrogens (tertiary/aromatic N) is 2. The van der Waals surface area contributed by atoms with Gasteiger partial charge in [-0.05, 0) is 53.2 Å². The van der Waals surface area contributed by atoms with Gasteiger partial charge in [-0.3, -0.25) is 9.20 Å². The van der Waals surface area contributed by atoms with Crippen LogP contribution in [0.4, 0.5) is 0 Å². The van der Waals surface area contributed by atoms with Crippen molar-refractivity contribution in [3.05, 3.63) is 73.2 Å². The zero-order valence-corrected chi connectivity index (χ0v) is 14.9. The lowest BCUT2D eigenvalue weighted by Crippen LogP contribution is -2.18. The summed E-state index contributed by atoms with van der Waals surface area (Å²) in [4.78, 5) is 16.7. The Hall–Kier alpha value is -1.66. The number of halogens is 2. The molecule has 22 heavy (non-hydrogen) atoms. The highest BCUT2D eigenvalue weighted by atomic mass is 79.9. The molecular formula is C16H12Br2N2O2. The Kier molecular flexibility index (Phi) is 4.31. The summed E-state index contributed by atoms with van der Waals surface area (Å²) in [6.45, 7) is 2.12. The molecule has 0 aliphatic heterocycles. The monoisotopic (exact) mass is 422 g/mol. The molecule has 3 rings (SSSR count). The van der Waals surface area contributed by atoms with Crippen LogP contribution in [0, 0.1) is 6.92 Å². The minimum atomic E-state index is -0.100. The smallest absolute Gasteiger partial charge is 0.258 e. The maximum absolute atomic E-state index is 12.2. The molecule has 0 aliphatic rings. The van der Waals surface area contributed by atoms with Gasteiger partial charge < -0.3 is 4.74 Å². The fourth-order valence-electron chi connectivity index (χ4n) is 2.18. The first-order valence-corrected chi connectivity index (χ1v) is 8.19. The Morgan fingerprint density at radius 1 is 1.18 bits per heavy atom. The number of rotatable bonds is 3. The zero-order valence-electron chi connectivity index (χ0n) is 11.7. The Balaban J connectivity index is 1.90. The van der Waals surface area contributed by atoms with Gasteiger partial charge in [0.1, 0.15) is 18.0 Å². The standard InChI is InChI=1S/C16H12Br2N2O2/c1-10-3-2-4-15-19-12(8-16(21)20(10)15)9-22-14-6-5-11(17)7-13(14)18/h2-8H,9H2,1H3. The molecule has 2 aromatic heterocycles. The van der Waals surface area contributed by atoms with Crippen LogP contribution in [0.25, 0.3) is 5.65 Å². The van der Waals surface area contributed by atoms with Crippen LogP contribution in [0.15, 0.2) is 56.2 Å². The Bertz CT molecular complexity index is 906. The van der Waals surface area contributed by atoms with Crippen molar-refractivity contribution in [1.29, 1.82) is 0 Å². The van der Waals surface area contributed by atoms with E-state index in [-0.39, 0.29) is 12.2 Å². The Labute approximate surface area is 144 Å². The van der Waals surface area contributed by atoms with Crippen molar-refractivity contribution in [2.75, 3.05) is 0 Å². The normalized spacial score (nSPS) is 10.9. The highest BCUT2D eigenvalue weighted by Gasteiger charge is 2.06. The van der Waals surface area contributed by atoms with Crippen LogP contribution in [0.5, 0.6) is 5.75 Å². The Morgan fingerprint density at radius 3 is 2.77 bits per heavy atom. The van der Waals surface area contributed by atoms with Crippen molar-refractivity contribution < 1.29 is 4.74 Å². The molecule has 0 fully saturated rings. The topological polar surface area (TPSA) is 43.6 Å². The molecule has 0 bridgehead atoms. The third-order valence-corrected chi connectivity index (χ3v) is 4.32. The SMILES string of the molecule is Cc1cccc2nc(COc3ccc(Br)cc3Br)cc(=O)n12. The molecule has 0 atom stereocenters. The van der Waals surface area contributed by atoms with Crippen molar-refractivity contribution in [3.8, 4) is 5.75 Å². The first-order valence-electron chi connectivity index (χ1n) is 6.61. The average Bonchev–Trinajstić information content (AvgIpc) is 2.46. The van der Waals surface area contributed by atoms with Gasteiger partial charge in [-0.2, -0.15) is 0 Å². The minimum Gasteiger partial charge on any atom is -0.486 e. The lowest BCUT2D eigenvalue weighted by molar-refractivity contribution is 0.299. The lowest BCUT2D eigenvalue weighted by atomic mass is 10.3. The first kappa shape index (κ1) is 15.2. The van der Waals surface area contributed by atoms with Crippen LogP contribution in [0.1, 0.15) is 11.4 Å². The summed E-state index contributed by atoms with van der Waals surface area (Å²) in [7, 11) is 0. The van der Waals surface area contributed by atoms with Crippen LogP contribution in [-0.4, -0.2) is 9.38 Å². The highest BCUT2D eigenvalue weighted by Crippen LogP contribution is 2.28. The highest BCUT2D eigenvalue weighted by molar-refractivity contribution is 9.11. The van der Waals surface area contributed by atoms with Crippen molar-refractivity contribution >= 4 is 37.5 Å². The van der Waals surface area contributed by atoms with Crippen LogP contribution in [0.2, 0.25) is 0 Å². The van der Waals surface area contributed by atoms with Crippen molar-refractivity contribution in [2.45, 2.75) is 13.5 Å². The molecule has 0 N–H and O–H groups in total. The predicted octanol–water partition coefficient (Wildman–Crippen LogP) is 4.11. The molecular weight excluding hydrogens is 412 g/mol. The summed E-state index contributed by atoms with van der Waals surface area (Å²) in [5.74, 6) is 0.703. The van der Waals surface area contributed by atoms with Gasteiger partial charge in [0.2, 0.25) is 0 Å². The van der Waals surface area contributed by atoms with Gasteiger partial charge in [0.25, 0.3) is 5.56 Å². The molecule has 0 spiro atoms. The van der Waals surface area contributed by atoms with Gasteiger partial charge in [-0.25, -0.2) is 4.98 Å². The second-order valence-corrected chi connectivity index (χ2v) is 6.58. The molecule has 112 valence electrons. The second-order valence-electron chi connectivity index (χ2n) is 4.81. The maximum atomic E-state index is 12.2. The maximum Gasteiger partial charge on any atom is 0.258 e. The number of aromatic nitrogens is 2. The van der Waals surface area contributed by atoms with Gasteiger partial charge in [-0.15, -0.1) is 0 Å². The Morgan fingerprint density at radius 2 is 2.00 bits per heavy atom. The van der Waals surface area contributed by atoms with Crippen LogP contribution in [-0.2, 0) is 6.61 Å². The second kappa shape index (κ2) is 6.22. The van der Waals surface area contributed by atoms with E-state index in [1.807, 2.05) is 43.3 Å². The van der Waals surface area contributed by atoms with E-state index >= 15 is 0 Å². The molecule has 4 nitrogen and oxygen atoms in total. The van der Waals surface area contributed by atoms with Crippen molar-refractivity contribution in [1.82, 2.24) is 9.38 Å². The molecule has 0 unspecified atom stereocenters. The van der Waals surface area contributed by atoms with Crippen LogP contribution in [0.3, 0.4) is 0 Å². The van der Waals surface area contributed by atoms with E-state index in [2.05, 4.69) is 36.8 Å². The largest absolute Gasteiger partial charge is 0.486 e. The van der Waals surface area contributed by atoms with Crippen LogP contribution < -0.4 is 10.3 Å². The molecule has 0 radical (unpaired) electrons.